The van der Waals surface area contributed by atoms with E-state index >= 15 is 0 Å². The average molecular weight is 270 g/mol. The molecular formula is C16H22N4. The van der Waals surface area contributed by atoms with E-state index in [0.29, 0.717) is 12.1 Å². The lowest BCUT2D eigenvalue weighted by molar-refractivity contribution is 0.274. The Morgan fingerprint density at radius 1 is 1.30 bits per heavy atom. The van der Waals surface area contributed by atoms with Crippen LogP contribution in [0.15, 0.2) is 36.8 Å². The minimum atomic E-state index is 0.565. The predicted octanol–water partition coefficient (Wildman–Crippen LogP) is 2.97. The van der Waals surface area contributed by atoms with Crippen molar-refractivity contribution < 1.29 is 0 Å². The Bertz CT molecular complexity index is 530. The van der Waals surface area contributed by atoms with Crippen molar-refractivity contribution in [2.24, 2.45) is 0 Å². The van der Waals surface area contributed by atoms with Gasteiger partial charge in [-0.3, -0.25) is 4.90 Å². The third kappa shape index (κ3) is 2.85. The largest absolute Gasteiger partial charge is 0.381 e. The SMILES string of the molecule is CC(C)N1CCC(Nc2ccc(-c3cnc[nH]3)cc2)C1. The summed E-state index contributed by atoms with van der Waals surface area (Å²) in [6, 6.07) is 9.76. The van der Waals surface area contributed by atoms with Gasteiger partial charge in [0.1, 0.15) is 0 Å². The molecule has 106 valence electrons. The van der Waals surface area contributed by atoms with Crippen molar-refractivity contribution in [1.82, 2.24) is 14.9 Å². The predicted molar refractivity (Wildman–Crippen MR) is 82.8 cm³/mol. The molecule has 2 N–H and O–H groups in total. The lowest BCUT2D eigenvalue weighted by atomic mass is 10.1. The molecule has 4 heteroatoms. The number of likely N-dealkylation sites (tertiary alicyclic amines) is 1. The van der Waals surface area contributed by atoms with Crippen LogP contribution in [0, 0.1) is 0 Å². The molecule has 0 spiro atoms. The van der Waals surface area contributed by atoms with Crippen LogP contribution in [0.2, 0.25) is 0 Å². The Morgan fingerprint density at radius 2 is 2.10 bits per heavy atom. The maximum Gasteiger partial charge on any atom is 0.0924 e. The first kappa shape index (κ1) is 13.2. The summed E-state index contributed by atoms with van der Waals surface area (Å²) < 4.78 is 0. The van der Waals surface area contributed by atoms with E-state index in [4.69, 9.17) is 0 Å². The van der Waals surface area contributed by atoms with Crippen LogP contribution in [0.25, 0.3) is 11.3 Å². The first-order valence-electron chi connectivity index (χ1n) is 7.32. The van der Waals surface area contributed by atoms with Crippen LogP contribution in [0.1, 0.15) is 20.3 Å². The van der Waals surface area contributed by atoms with E-state index in [1.165, 1.54) is 24.2 Å². The normalized spacial score (nSPS) is 19.6. The van der Waals surface area contributed by atoms with Crippen molar-refractivity contribution in [3.63, 3.8) is 0 Å². The highest BCUT2D eigenvalue weighted by atomic mass is 15.2. The Labute approximate surface area is 120 Å². The van der Waals surface area contributed by atoms with Crippen LogP contribution in [0.5, 0.6) is 0 Å². The molecule has 1 fully saturated rings. The molecule has 1 atom stereocenters. The van der Waals surface area contributed by atoms with Crippen molar-refractivity contribution in [2.45, 2.75) is 32.4 Å². The van der Waals surface area contributed by atoms with E-state index < -0.39 is 0 Å². The van der Waals surface area contributed by atoms with Gasteiger partial charge in [-0.25, -0.2) is 4.98 Å². The summed E-state index contributed by atoms with van der Waals surface area (Å²) in [5, 5.41) is 3.63. The van der Waals surface area contributed by atoms with Gasteiger partial charge in [0.2, 0.25) is 0 Å². The van der Waals surface area contributed by atoms with Gasteiger partial charge >= 0.3 is 0 Å². The summed E-state index contributed by atoms with van der Waals surface area (Å²) in [4.78, 5) is 9.70. The number of imidazole rings is 1. The summed E-state index contributed by atoms with van der Waals surface area (Å²) in [5.74, 6) is 0. The zero-order valence-corrected chi connectivity index (χ0v) is 12.1. The highest BCUT2D eigenvalue weighted by Crippen LogP contribution is 2.21. The monoisotopic (exact) mass is 270 g/mol. The molecule has 2 aromatic rings. The highest BCUT2D eigenvalue weighted by molar-refractivity contribution is 5.62. The van der Waals surface area contributed by atoms with Crippen molar-refractivity contribution in [1.29, 1.82) is 0 Å². The van der Waals surface area contributed by atoms with Crippen molar-refractivity contribution in [2.75, 3.05) is 18.4 Å². The Kier molecular flexibility index (Phi) is 3.74. The number of nitrogens with zero attached hydrogens (tertiary/aromatic N) is 2. The molecule has 3 rings (SSSR count). The van der Waals surface area contributed by atoms with Crippen LogP contribution < -0.4 is 5.32 Å². The molecule has 0 radical (unpaired) electrons. The van der Waals surface area contributed by atoms with Crippen molar-refractivity contribution in [3.8, 4) is 11.3 Å². The number of nitrogens with one attached hydrogen (secondary N) is 2. The number of aromatic nitrogens is 2. The second-order valence-corrected chi connectivity index (χ2v) is 5.76. The fourth-order valence-electron chi connectivity index (χ4n) is 2.77. The van der Waals surface area contributed by atoms with Gasteiger partial charge in [-0.1, -0.05) is 12.1 Å². The maximum absolute atomic E-state index is 4.05. The van der Waals surface area contributed by atoms with Gasteiger partial charge in [-0.15, -0.1) is 0 Å². The van der Waals surface area contributed by atoms with Crippen LogP contribution >= 0.6 is 0 Å². The minimum absolute atomic E-state index is 0.565. The number of hydrogen-bond acceptors (Lipinski definition) is 3. The summed E-state index contributed by atoms with van der Waals surface area (Å²) in [6.45, 7) is 6.87. The van der Waals surface area contributed by atoms with Gasteiger partial charge in [-0.05, 0) is 38.0 Å². The number of benzene rings is 1. The zero-order valence-electron chi connectivity index (χ0n) is 12.1. The lowest BCUT2D eigenvalue weighted by Crippen LogP contribution is -2.31. The fraction of sp³-hybridized carbons (Fsp3) is 0.438. The quantitative estimate of drug-likeness (QED) is 0.897. The highest BCUT2D eigenvalue weighted by Gasteiger charge is 2.23. The average Bonchev–Trinajstić information content (AvgIpc) is 3.10. The molecule has 1 aromatic heterocycles. The molecule has 1 saturated heterocycles. The minimum Gasteiger partial charge on any atom is -0.381 e. The summed E-state index contributed by atoms with van der Waals surface area (Å²) in [7, 11) is 0. The van der Waals surface area contributed by atoms with Gasteiger partial charge < -0.3 is 10.3 Å². The zero-order chi connectivity index (χ0) is 13.9. The number of rotatable bonds is 4. The Balaban J connectivity index is 1.62. The van der Waals surface area contributed by atoms with Crippen LogP contribution in [0.3, 0.4) is 0 Å². The molecule has 0 saturated carbocycles. The smallest absolute Gasteiger partial charge is 0.0924 e. The number of hydrogen-bond donors (Lipinski definition) is 2. The summed E-state index contributed by atoms with van der Waals surface area (Å²) in [6.07, 6.45) is 4.78. The first-order chi connectivity index (χ1) is 9.72. The first-order valence-corrected chi connectivity index (χ1v) is 7.32. The van der Waals surface area contributed by atoms with Crippen molar-refractivity contribution >= 4 is 5.69 Å². The maximum atomic E-state index is 4.05. The van der Waals surface area contributed by atoms with E-state index in [0.717, 1.165) is 12.2 Å². The fourth-order valence-corrected chi connectivity index (χ4v) is 2.77. The molecule has 0 bridgehead atoms. The third-order valence-electron chi connectivity index (χ3n) is 4.01. The molecule has 1 aliphatic rings. The summed E-state index contributed by atoms with van der Waals surface area (Å²) >= 11 is 0. The molecule has 1 aliphatic heterocycles. The van der Waals surface area contributed by atoms with E-state index in [9.17, 15) is 0 Å². The van der Waals surface area contributed by atoms with Crippen LogP contribution in [-0.2, 0) is 0 Å². The number of anilines is 1. The van der Waals surface area contributed by atoms with Gasteiger partial charge in [0.15, 0.2) is 0 Å². The Morgan fingerprint density at radius 3 is 2.70 bits per heavy atom. The van der Waals surface area contributed by atoms with Gasteiger partial charge in [0.25, 0.3) is 0 Å². The van der Waals surface area contributed by atoms with Gasteiger partial charge in [0.05, 0.1) is 18.2 Å². The lowest BCUT2D eigenvalue weighted by Gasteiger charge is -2.20. The molecule has 0 aliphatic carbocycles. The second-order valence-electron chi connectivity index (χ2n) is 5.76. The molecule has 4 nitrogen and oxygen atoms in total. The van der Waals surface area contributed by atoms with E-state index in [2.05, 4.69) is 58.3 Å². The summed E-state index contributed by atoms with van der Waals surface area (Å²) in [5.41, 5.74) is 3.43. The molecule has 1 unspecified atom stereocenters. The Hall–Kier alpha value is -1.81. The number of aromatic amines is 1. The second kappa shape index (κ2) is 5.67. The van der Waals surface area contributed by atoms with Gasteiger partial charge in [-0.2, -0.15) is 0 Å². The molecule has 20 heavy (non-hydrogen) atoms. The van der Waals surface area contributed by atoms with Crippen molar-refractivity contribution in [3.05, 3.63) is 36.8 Å². The van der Waals surface area contributed by atoms with E-state index in [1.807, 2.05) is 6.20 Å². The molecule has 0 amide bonds. The van der Waals surface area contributed by atoms with Gasteiger partial charge in [0, 0.05) is 30.9 Å². The van der Waals surface area contributed by atoms with Crippen LogP contribution in [0.4, 0.5) is 5.69 Å². The van der Waals surface area contributed by atoms with E-state index in [-0.39, 0.29) is 0 Å². The standard InChI is InChI=1S/C16H22N4/c1-12(2)20-8-7-15(10-20)19-14-5-3-13(4-6-14)16-9-17-11-18-16/h3-6,9,11-12,15,19H,7-8,10H2,1-2H3,(H,17,18). The number of H-pyrrole nitrogens is 1. The third-order valence-corrected chi connectivity index (χ3v) is 4.01. The topological polar surface area (TPSA) is 44.0 Å². The molecule has 2 heterocycles. The molecule has 1 aromatic carbocycles. The molecular weight excluding hydrogens is 248 g/mol. The van der Waals surface area contributed by atoms with E-state index in [1.54, 1.807) is 6.33 Å². The van der Waals surface area contributed by atoms with Crippen LogP contribution in [-0.4, -0.2) is 40.0 Å².